The Balaban J connectivity index is 1.96. The Labute approximate surface area is 142 Å². The predicted molar refractivity (Wildman–Crippen MR) is 90.2 cm³/mol. The van der Waals surface area contributed by atoms with Gasteiger partial charge >= 0.3 is 0 Å². The molecule has 6 heteroatoms. The summed E-state index contributed by atoms with van der Waals surface area (Å²) in [6.07, 6.45) is 0.619. The molecule has 130 valence electrons. The summed E-state index contributed by atoms with van der Waals surface area (Å²) in [4.78, 5) is 12.3. The third-order valence-corrected chi connectivity index (χ3v) is 4.06. The number of carbonyl (C=O) groups excluding carboxylic acids is 1. The molecule has 0 fully saturated rings. The van der Waals surface area contributed by atoms with Gasteiger partial charge in [-0.2, -0.15) is 0 Å². The van der Waals surface area contributed by atoms with Crippen molar-refractivity contribution >= 4 is 5.91 Å². The average molecular weight is 332 g/mol. The van der Waals surface area contributed by atoms with Gasteiger partial charge in [0.25, 0.3) is 0 Å². The maximum atomic E-state index is 12.3. The van der Waals surface area contributed by atoms with Crippen molar-refractivity contribution in [3.05, 3.63) is 40.8 Å². The van der Waals surface area contributed by atoms with E-state index in [1.807, 2.05) is 39.0 Å². The number of hydrogen-bond acceptors (Lipinski definition) is 5. The fourth-order valence-electron chi connectivity index (χ4n) is 2.56. The minimum absolute atomic E-state index is 0.00946. The first-order chi connectivity index (χ1) is 11.5. The van der Waals surface area contributed by atoms with E-state index in [0.29, 0.717) is 24.5 Å². The van der Waals surface area contributed by atoms with E-state index in [4.69, 9.17) is 14.0 Å². The molecule has 0 aliphatic rings. The molecule has 1 aromatic carbocycles. The summed E-state index contributed by atoms with van der Waals surface area (Å²) in [5.41, 5.74) is 2.76. The molecule has 1 amide bonds. The third-order valence-electron chi connectivity index (χ3n) is 4.06. The lowest BCUT2D eigenvalue weighted by atomic mass is 10.00. The van der Waals surface area contributed by atoms with E-state index in [9.17, 15) is 4.79 Å². The number of rotatable bonds is 7. The van der Waals surface area contributed by atoms with E-state index < -0.39 is 0 Å². The number of amides is 1. The van der Waals surface area contributed by atoms with Crippen LogP contribution in [0, 0.1) is 19.8 Å². The van der Waals surface area contributed by atoms with Crippen LogP contribution in [0.5, 0.6) is 11.5 Å². The Morgan fingerprint density at radius 3 is 2.54 bits per heavy atom. The highest BCUT2D eigenvalue weighted by Gasteiger charge is 2.16. The van der Waals surface area contributed by atoms with E-state index in [0.717, 1.165) is 22.6 Å². The largest absolute Gasteiger partial charge is 0.493 e. The van der Waals surface area contributed by atoms with Gasteiger partial charge in [0.15, 0.2) is 11.5 Å². The van der Waals surface area contributed by atoms with Crippen LogP contribution in [-0.2, 0) is 17.8 Å². The molecule has 0 saturated carbocycles. The number of aromatic nitrogens is 1. The average Bonchev–Trinajstić information content (AvgIpc) is 2.90. The van der Waals surface area contributed by atoms with E-state index >= 15 is 0 Å². The van der Waals surface area contributed by atoms with E-state index in [2.05, 4.69) is 10.5 Å². The van der Waals surface area contributed by atoms with Crippen molar-refractivity contribution in [2.75, 3.05) is 14.2 Å². The lowest BCUT2D eigenvalue weighted by Crippen LogP contribution is -2.30. The van der Waals surface area contributed by atoms with Crippen LogP contribution in [0.25, 0.3) is 0 Å². The monoisotopic (exact) mass is 332 g/mol. The number of nitrogens with zero attached hydrogens (tertiary/aromatic N) is 1. The van der Waals surface area contributed by atoms with Crippen LogP contribution < -0.4 is 14.8 Å². The molecule has 24 heavy (non-hydrogen) atoms. The Morgan fingerprint density at radius 2 is 1.96 bits per heavy atom. The van der Waals surface area contributed by atoms with Crippen LogP contribution >= 0.6 is 0 Å². The van der Waals surface area contributed by atoms with Crippen LogP contribution in [0.1, 0.15) is 29.5 Å². The number of ether oxygens (including phenoxy) is 2. The fraction of sp³-hybridized carbons (Fsp3) is 0.444. The first-order valence-corrected chi connectivity index (χ1v) is 7.86. The summed E-state index contributed by atoms with van der Waals surface area (Å²) >= 11 is 0. The molecule has 1 N–H and O–H groups in total. The van der Waals surface area contributed by atoms with Gasteiger partial charge in [0.05, 0.1) is 19.9 Å². The summed E-state index contributed by atoms with van der Waals surface area (Å²) in [5.74, 6) is 1.91. The maximum Gasteiger partial charge on any atom is 0.223 e. The molecule has 0 aliphatic heterocycles. The highest BCUT2D eigenvalue weighted by atomic mass is 16.5. The Bertz CT molecular complexity index is 690. The van der Waals surface area contributed by atoms with E-state index in [-0.39, 0.29) is 11.8 Å². The molecule has 1 heterocycles. The Morgan fingerprint density at radius 1 is 1.25 bits per heavy atom. The molecule has 0 saturated heterocycles. The maximum absolute atomic E-state index is 12.3. The number of methoxy groups -OCH3 is 2. The molecule has 1 atom stereocenters. The number of carbonyl (C=O) groups is 1. The third kappa shape index (κ3) is 4.07. The Hall–Kier alpha value is -2.50. The van der Waals surface area contributed by atoms with Crippen molar-refractivity contribution in [2.24, 2.45) is 5.92 Å². The first kappa shape index (κ1) is 17.8. The van der Waals surface area contributed by atoms with Gasteiger partial charge < -0.3 is 19.3 Å². The van der Waals surface area contributed by atoms with Crippen molar-refractivity contribution in [1.82, 2.24) is 10.5 Å². The summed E-state index contributed by atoms with van der Waals surface area (Å²) in [6, 6.07) is 5.69. The van der Waals surface area contributed by atoms with Gasteiger partial charge in [-0.1, -0.05) is 18.1 Å². The lowest BCUT2D eigenvalue weighted by Gasteiger charge is -2.14. The summed E-state index contributed by atoms with van der Waals surface area (Å²) in [7, 11) is 3.20. The number of aryl methyl sites for hydroxylation is 2. The SMILES string of the molecule is COc1ccc(CC(C)C(=O)NCc2c(C)noc2C)cc1OC. The van der Waals surface area contributed by atoms with Gasteiger partial charge in [-0.3, -0.25) is 4.79 Å². The molecular weight excluding hydrogens is 308 g/mol. The van der Waals surface area contributed by atoms with E-state index in [1.165, 1.54) is 0 Å². The van der Waals surface area contributed by atoms with Gasteiger partial charge in [-0.25, -0.2) is 0 Å². The quantitative estimate of drug-likeness (QED) is 0.844. The molecule has 0 radical (unpaired) electrons. The molecule has 6 nitrogen and oxygen atoms in total. The van der Waals surface area contributed by atoms with Crippen molar-refractivity contribution in [1.29, 1.82) is 0 Å². The highest BCUT2D eigenvalue weighted by molar-refractivity contribution is 5.78. The lowest BCUT2D eigenvalue weighted by molar-refractivity contribution is -0.124. The fourth-order valence-corrected chi connectivity index (χ4v) is 2.56. The topological polar surface area (TPSA) is 73.6 Å². The van der Waals surface area contributed by atoms with Gasteiger partial charge in [0.2, 0.25) is 5.91 Å². The molecule has 0 spiro atoms. The second-order valence-corrected chi connectivity index (χ2v) is 5.82. The minimum Gasteiger partial charge on any atom is -0.493 e. The molecule has 1 unspecified atom stereocenters. The van der Waals surface area contributed by atoms with Crippen LogP contribution in [0.3, 0.4) is 0 Å². The molecule has 2 aromatic rings. The van der Waals surface area contributed by atoms with Crippen molar-refractivity contribution in [3.8, 4) is 11.5 Å². The minimum atomic E-state index is -0.163. The summed E-state index contributed by atoms with van der Waals surface area (Å²) in [5, 5.41) is 6.83. The van der Waals surface area contributed by atoms with Crippen molar-refractivity contribution in [3.63, 3.8) is 0 Å². The zero-order valence-corrected chi connectivity index (χ0v) is 14.8. The van der Waals surface area contributed by atoms with Gasteiger partial charge in [-0.05, 0) is 38.0 Å². The molecule has 0 bridgehead atoms. The Kier molecular flexibility index (Phi) is 5.84. The van der Waals surface area contributed by atoms with Crippen molar-refractivity contribution in [2.45, 2.75) is 33.7 Å². The highest BCUT2D eigenvalue weighted by Crippen LogP contribution is 2.28. The van der Waals surface area contributed by atoms with Gasteiger partial charge in [0, 0.05) is 18.0 Å². The van der Waals surface area contributed by atoms with Crippen LogP contribution in [0.15, 0.2) is 22.7 Å². The summed E-state index contributed by atoms with van der Waals surface area (Å²) in [6.45, 7) is 6.04. The molecule has 2 rings (SSSR count). The zero-order valence-electron chi connectivity index (χ0n) is 14.8. The predicted octanol–water partition coefficient (Wildman–Crippen LogP) is 2.80. The van der Waals surface area contributed by atoms with Gasteiger partial charge in [0.1, 0.15) is 5.76 Å². The number of benzene rings is 1. The van der Waals surface area contributed by atoms with Gasteiger partial charge in [-0.15, -0.1) is 0 Å². The van der Waals surface area contributed by atoms with E-state index in [1.54, 1.807) is 14.2 Å². The summed E-state index contributed by atoms with van der Waals surface area (Å²) < 4.78 is 15.6. The normalized spacial score (nSPS) is 11.9. The number of hydrogen-bond donors (Lipinski definition) is 1. The first-order valence-electron chi connectivity index (χ1n) is 7.86. The second kappa shape index (κ2) is 7.86. The van der Waals surface area contributed by atoms with Crippen LogP contribution in [-0.4, -0.2) is 25.3 Å². The second-order valence-electron chi connectivity index (χ2n) is 5.82. The smallest absolute Gasteiger partial charge is 0.223 e. The van der Waals surface area contributed by atoms with Crippen LogP contribution in [0.2, 0.25) is 0 Å². The van der Waals surface area contributed by atoms with Crippen LogP contribution in [0.4, 0.5) is 0 Å². The molecular formula is C18H24N2O4. The zero-order chi connectivity index (χ0) is 17.7. The number of nitrogens with one attached hydrogen (secondary N) is 1. The van der Waals surface area contributed by atoms with Crippen molar-refractivity contribution < 1.29 is 18.8 Å². The molecule has 1 aromatic heterocycles. The molecule has 0 aliphatic carbocycles. The standard InChI is InChI=1S/C18H24N2O4/c1-11(8-14-6-7-16(22-4)17(9-14)23-5)18(21)19-10-15-12(2)20-24-13(15)3/h6-7,9,11H,8,10H2,1-5H3,(H,19,21).